The highest BCUT2D eigenvalue weighted by Crippen LogP contribution is 2.31. The van der Waals surface area contributed by atoms with Crippen LogP contribution in [0.5, 0.6) is 0 Å². The summed E-state index contributed by atoms with van der Waals surface area (Å²) in [4.78, 5) is 12.2. The predicted molar refractivity (Wildman–Crippen MR) is 101 cm³/mol. The molecule has 1 N–H and O–H groups in total. The summed E-state index contributed by atoms with van der Waals surface area (Å²) < 4.78 is 70.7. The molecule has 1 atom stereocenters. The van der Waals surface area contributed by atoms with Gasteiger partial charge in [0.25, 0.3) is 0 Å². The van der Waals surface area contributed by atoms with Crippen molar-refractivity contribution in [3.8, 4) is 0 Å². The van der Waals surface area contributed by atoms with Crippen molar-refractivity contribution in [2.45, 2.75) is 25.7 Å². The number of hydrogen-bond donors (Lipinski definition) is 1. The highest BCUT2D eigenvalue weighted by atomic mass is 35.5. The minimum absolute atomic E-state index is 0.0582. The Morgan fingerprint density at radius 2 is 1.42 bits per heavy atom. The summed E-state index contributed by atoms with van der Waals surface area (Å²) >= 11 is 11.1. The zero-order chi connectivity index (χ0) is 22.7. The number of cyclic esters (lactones) is 1. The molecular weight excluding hydrogens is 467 g/mol. The first kappa shape index (κ1) is 23.2. The summed E-state index contributed by atoms with van der Waals surface area (Å²) in [6.07, 6.45) is -1.11. The Bertz CT molecular complexity index is 1040. The molecule has 0 amide bonds. The van der Waals surface area contributed by atoms with Gasteiger partial charge in [-0.1, -0.05) is 23.2 Å². The lowest BCUT2D eigenvalue weighted by Gasteiger charge is -2.15. The van der Waals surface area contributed by atoms with Gasteiger partial charge in [-0.2, -0.15) is 0 Å². The van der Waals surface area contributed by atoms with E-state index < -0.39 is 64.4 Å². The van der Waals surface area contributed by atoms with Crippen LogP contribution in [-0.2, 0) is 32.2 Å². The number of ether oxygens (including phenoxy) is 3. The largest absolute Gasteiger partial charge is 0.485 e. The Morgan fingerprint density at radius 3 is 1.94 bits per heavy atom. The highest BCUT2D eigenvalue weighted by Gasteiger charge is 2.38. The van der Waals surface area contributed by atoms with Crippen LogP contribution in [0.2, 0.25) is 10.0 Å². The summed E-state index contributed by atoms with van der Waals surface area (Å²) in [7, 11) is 0. The third kappa shape index (κ3) is 4.89. The molecule has 0 saturated heterocycles. The molecule has 1 aliphatic rings. The van der Waals surface area contributed by atoms with Gasteiger partial charge >= 0.3 is 5.97 Å². The van der Waals surface area contributed by atoms with Crippen molar-refractivity contribution in [1.82, 2.24) is 0 Å². The minimum Gasteiger partial charge on any atom is -0.485 e. The van der Waals surface area contributed by atoms with Crippen LogP contribution >= 0.6 is 23.2 Å². The summed E-state index contributed by atoms with van der Waals surface area (Å²) in [5.41, 5.74) is -0.260. The number of benzene rings is 2. The number of rotatable bonds is 8. The zero-order valence-electron chi connectivity index (χ0n) is 15.6. The zero-order valence-corrected chi connectivity index (χ0v) is 17.1. The smallest absolute Gasteiger partial charge is 0.378 e. The summed E-state index contributed by atoms with van der Waals surface area (Å²) in [6.45, 7) is -1.37. The summed E-state index contributed by atoms with van der Waals surface area (Å²) in [5, 5.41) is 7.73. The standard InChI is InChI=1S/C20H14Cl2F4O5/c21-14-11(23)3-1-9(16(14)25)7-29-18-13(5-6-27)31-20(28)19(18)30-8-10-2-4-12(24)15(22)17(10)26/h1-4,13,27H,5-8H2. The van der Waals surface area contributed by atoms with Crippen LogP contribution in [0.1, 0.15) is 17.5 Å². The van der Waals surface area contributed by atoms with E-state index in [0.717, 1.165) is 24.3 Å². The second-order valence-corrected chi connectivity index (χ2v) is 7.10. The van der Waals surface area contributed by atoms with Gasteiger partial charge in [-0.05, 0) is 24.3 Å². The van der Waals surface area contributed by atoms with E-state index in [-0.39, 0.29) is 29.9 Å². The molecule has 0 spiro atoms. The van der Waals surface area contributed by atoms with E-state index in [4.69, 9.17) is 37.4 Å². The second-order valence-electron chi connectivity index (χ2n) is 6.35. The van der Waals surface area contributed by atoms with Crippen LogP contribution in [0, 0.1) is 23.3 Å². The van der Waals surface area contributed by atoms with Crippen molar-refractivity contribution >= 4 is 29.2 Å². The Morgan fingerprint density at radius 1 is 0.903 bits per heavy atom. The average molecular weight is 481 g/mol. The maximum atomic E-state index is 14.1. The fourth-order valence-corrected chi connectivity index (χ4v) is 3.11. The molecule has 0 radical (unpaired) electrons. The Labute approximate surface area is 183 Å². The number of carbonyl (C=O) groups excluding carboxylic acids is 1. The fourth-order valence-electron chi connectivity index (χ4n) is 2.74. The predicted octanol–water partition coefficient (Wildman–Crippen LogP) is 4.80. The molecule has 3 rings (SSSR count). The first-order valence-corrected chi connectivity index (χ1v) is 9.56. The van der Waals surface area contributed by atoms with Gasteiger partial charge in [0.1, 0.15) is 34.9 Å². The number of aliphatic hydroxyl groups excluding tert-OH is 1. The average Bonchev–Trinajstić information content (AvgIpc) is 3.04. The van der Waals surface area contributed by atoms with Crippen LogP contribution < -0.4 is 0 Å². The van der Waals surface area contributed by atoms with Crippen molar-refractivity contribution < 1.29 is 41.7 Å². The van der Waals surface area contributed by atoms with Gasteiger partial charge in [-0.25, -0.2) is 22.4 Å². The SMILES string of the molecule is O=C1OC(CCO)C(OCc2ccc(F)c(Cl)c2F)=C1OCc1ccc(F)c(Cl)c1F. The number of halogens is 6. The van der Waals surface area contributed by atoms with E-state index in [0.29, 0.717) is 0 Å². The topological polar surface area (TPSA) is 65.0 Å². The van der Waals surface area contributed by atoms with Crippen molar-refractivity contribution in [2.24, 2.45) is 0 Å². The Balaban J connectivity index is 1.84. The van der Waals surface area contributed by atoms with E-state index in [1.807, 2.05) is 0 Å². The Hall–Kier alpha value is -2.49. The lowest BCUT2D eigenvalue weighted by atomic mass is 10.2. The van der Waals surface area contributed by atoms with Crippen LogP contribution in [0.3, 0.4) is 0 Å². The molecule has 0 fully saturated rings. The molecule has 1 unspecified atom stereocenters. The van der Waals surface area contributed by atoms with Gasteiger partial charge in [0.2, 0.25) is 5.76 Å². The molecule has 1 aliphatic heterocycles. The van der Waals surface area contributed by atoms with Crippen molar-refractivity contribution in [2.75, 3.05) is 6.61 Å². The molecule has 0 aromatic heterocycles. The van der Waals surface area contributed by atoms with Crippen LogP contribution in [0.4, 0.5) is 17.6 Å². The second kappa shape index (κ2) is 9.76. The number of esters is 1. The van der Waals surface area contributed by atoms with Crippen molar-refractivity contribution in [3.05, 3.63) is 80.2 Å². The minimum atomic E-state index is -1.06. The van der Waals surface area contributed by atoms with Gasteiger partial charge < -0.3 is 19.3 Å². The first-order chi connectivity index (χ1) is 14.7. The van der Waals surface area contributed by atoms with Gasteiger partial charge in [0.15, 0.2) is 23.5 Å². The molecule has 166 valence electrons. The molecule has 0 saturated carbocycles. The van der Waals surface area contributed by atoms with Gasteiger partial charge in [-0.3, -0.25) is 0 Å². The molecule has 31 heavy (non-hydrogen) atoms. The summed E-state index contributed by atoms with van der Waals surface area (Å²) in [6, 6.07) is 4.06. The number of hydrogen-bond acceptors (Lipinski definition) is 5. The fraction of sp³-hybridized carbons (Fsp3) is 0.250. The third-order valence-corrected chi connectivity index (χ3v) is 5.02. The van der Waals surface area contributed by atoms with Gasteiger partial charge in [0, 0.05) is 24.2 Å². The quantitative estimate of drug-likeness (QED) is 0.334. The maximum Gasteiger partial charge on any atom is 0.378 e. The molecule has 2 aromatic carbocycles. The van der Waals surface area contributed by atoms with Crippen molar-refractivity contribution in [3.63, 3.8) is 0 Å². The van der Waals surface area contributed by atoms with Crippen LogP contribution in [-0.4, -0.2) is 23.8 Å². The molecule has 0 aliphatic carbocycles. The van der Waals surface area contributed by atoms with E-state index in [2.05, 4.69) is 0 Å². The molecule has 0 bridgehead atoms. The van der Waals surface area contributed by atoms with Gasteiger partial charge in [-0.15, -0.1) is 0 Å². The third-order valence-electron chi connectivity index (χ3n) is 4.33. The molecule has 5 nitrogen and oxygen atoms in total. The van der Waals surface area contributed by atoms with Crippen LogP contribution in [0.15, 0.2) is 35.8 Å². The van der Waals surface area contributed by atoms with Crippen molar-refractivity contribution in [1.29, 1.82) is 0 Å². The lowest BCUT2D eigenvalue weighted by molar-refractivity contribution is -0.143. The number of carbonyl (C=O) groups is 1. The first-order valence-electron chi connectivity index (χ1n) is 8.81. The normalized spacial score (nSPS) is 16.0. The van der Waals surface area contributed by atoms with E-state index in [1.54, 1.807) is 0 Å². The molecule has 1 heterocycles. The highest BCUT2D eigenvalue weighted by molar-refractivity contribution is 6.31. The molecule has 11 heteroatoms. The Kier molecular flexibility index (Phi) is 7.30. The molecule has 2 aromatic rings. The van der Waals surface area contributed by atoms with E-state index >= 15 is 0 Å². The van der Waals surface area contributed by atoms with Crippen LogP contribution in [0.25, 0.3) is 0 Å². The number of aliphatic hydroxyl groups is 1. The van der Waals surface area contributed by atoms with E-state index in [9.17, 15) is 27.5 Å². The van der Waals surface area contributed by atoms with E-state index in [1.165, 1.54) is 0 Å². The lowest BCUT2D eigenvalue weighted by Crippen LogP contribution is -2.15. The van der Waals surface area contributed by atoms with Gasteiger partial charge in [0.05, 0.1) is 0 Å². The molecular formula is C20H14Cl2F4O5. The maximum absolute atomic E-state index is 14.1. The monoisotopic (exact) mass is 480 g/mol. The summed E-state index contributed by atoms with van der Waals surface area (Å²) in [5.74, 6) is -5.60.